The fourth-order valence-corrected chi connectivity index (χ4v) is 3.99. The molecule has 7 heteroatoms. The highest BCUT2D eigenvalue weighted by Gasteiger charge is 2.35. The molecule has 0 spiro atoms. The van der Waals surface area contributed by atoms with Gasteiger partial charge in [-0.05, 0) is 51.1 Å². The molecule has 2 aliphatic heterocycles. The molecule has 1 amide bonds. The maximum Gasteiger partial charge on any atom is 0.251 e. The number of aromatic nitrogens is 2. The van der Waals surface area contributed by atoms with Crippen molar-refractivity contribution in [3.05, 3.63) is 23.8 Å². The Morgan fingerprint density at radius 2 is 2.16 bits per heavy atom. The van der Waals surface area contributed by atoms with Gasteiger partial charge in [-0.1, -0.05) is 0 Å². The Balaban J connectivity index is 1.51. The molecule has 2 aliphatic rings. The molecule has 2 fully saturated rings. The predicted octanol–water partition coefficient (Wildman–Crippen LogP) is 1.23. The summed E-state index contributed by atoms with van der Waals surface area (Å²) < 4.78 is 7.57. The van der Waals surface area contributed by atoms with Crippen molar-refractivity contribution in [2.45, 2.75) is 38.4 Å². The van der Waals surface area contributed by atoms with Gasteiger partial charge in [-0.2, -0.15) is 0 Å². The van der Waals surface area contributed by atoms with Gasteiger partial charge in [0.25, 0.3) is 5.91 Å². The predicted molar refractivity (Wildman–Crippen MR) is 96.5 cm³/mol. The minimum absolute atomic E-state index is 0.0413. The van der Waals surface area contributed by atoms with E-state index in [1.807, 2.05) is 29.7 Å². The van der Waals surface area contributed by atoms with E-state index in [0.717, 1.165) is 30.7 Å². The number of aryl methyl sites for hydroxylation is 1. The van der Waals surface area contributed by atoms with E-state index < -0.39 is 0 Å². The minimum atomic E-state index is -0.0776. The lowest BCUT2D eigenvalue weighted by Gasteiger charge is -2.27. The smallest absolute Gasteiger partial charge is 0.251 e. The molecule has 1 aromatic carbocycles. The molecule has 25 heavy (non-hydrogen) atoms. The van der Waals surface area contributed by atoms with E-state index >= 15 is 0 Å². The second-order valence-corrected chi connectivity index (χ2v) is 6.85. The van der Waals surface area contributed by atoms with E-state index in [-0.39, 0.29) is 18.0 Å². The number of amides is 1. The molecule has 0 radical (unpaired) electrons. The molecule has 3 N–H and O–H groups in total. The highest BCUT2D eigenvalue weighted by molar-refractivity contribution is 5.97. The summed E-state index contributed by atoms with van der Waals surface area (Å²) in [6.45, 7) is 6.25. The quantitative estimate of drug-likeness (QED) is 0.872. The Hall–Kier alpha value is -2.12. The minimum Gasteiger partial charge on any atom is -0.378 e. The third-order valence-electron chi connectivity index (χ3n) is 5.33. The summed E-state index contributed by atoms with van der Waals surface area (Å²) in [6, 6.07) is 5.89. The summed E-state index contributed by atoms with van der Waals surface area (Å²) in [6.07, 6.45) is 2.46. The Labute approximate surface area is 147 Å². The number of nitrogens with two attached hydrogens (primary N) is 1. The number of anilines is 1. The van der Waals surface area contributed by atoms with Crippen molar-refractivity contribution in [2.24, 2.45) is 0 Å². The molecule has 0 bridgehead atoms. The first kappa shape index (κ1) is 16.4. The molecule has 2 saturated heterocycles. The number of ether oxygens (including phenoxy) is 1. The number of rotatable bonds is 4. The van der Waals surface area contributed by atoms with Gasteiger partial charge in [0.05, 0.1) is 36.3 Å². The van der Waals surface area contributed by atoms with Crippen molar-refractivity contribution >= 4 is 22.9 Å². The maximum absolute atomic E-state index is 12.7. The fourth-order valence-electron chi connectivity index (χ4n) is 3.99. The molecule has 2 aromatic rings. The van der Waals surface area contributed by atoms with Crippen LogP contribution in [-0.4, -0.2) is 58.7 Å². The summed E-state index contributed by atoms with van der Waals surface area (Å²) in [5.74, 6) is 0.402. The second-order valence-electron chi connectivity index (χ2n) is 6.85. The molecule has 0 unspecified atom stereocenters. The van der Waals surface area contributed by atoms with Crippen LogP contribution >= 0.6 is 0 Å². The van der Waals surface area contributed by atoms with Crippen molar-refractivity contribution in [1.29, 1.82) is 0 Å². The van der Waals surface area contributed by atoms with Crippen LogP contribution in [0.1, 0.15) is 30.1 Å². The van der Waals surface area contributed by atoms with Crippen molar-refractivity contribution < 1.29 is 9.53 Å². The normalized spacial score (nSPS) is 24.2. The molecule has 4 rings (SSSR count). The number of nitrogens with zero attached hydrogens (tertiary/aromatic N) is 3. The van der Waals surface area contributed by atoms with Gasteiger partial charge < -0.3 is 20.4 Å². The number of likely N-dealkylation sites (tertiary alicyclic amines) is 1. The zero-order valence-corrected chi connectivity index (χ0v) is 14.6. The van der Waals surface area contributed by atoms with E-state index in [9.17, 15) is 4.79 Å². The second kappa shape index (κ2) is 6.65. The van der Waals surface area contributed by atoms with Crippen LogP contribution in [0.2, 0.25) is 0 Å². The standard InChI is InChI=1S/C18H25N5O2/c1-2-23-15-6-5-12(9-13(15)21-18(23)19)17(24)20-14-10-25-11-16(14)22-7-3-4-8-22/h5-6,9,14,16H,2-4,7-8,10-11H2,1H3,(H2,19,21)(H,20,24)/t14-,16-/m1/s1. The van der Waals surface area contributed by atoms with Crippen LogP contribution in [0.5, 0.6) is 0 Å². The van der Waals surface area contributed by atoms with E-state index in [1.165, 1.54) is 12.8 Å². The van der Waals surface area contributed by atoms with E-state index in [2.05, 4.69) is 15.2 Å². The zero-order chi connectivity index (χ0) is 17.4. The third kappa shape index (κ3) is 2.98. The van der Waals surface area contributed by atoms with Crippen molar-refractivity contribution in [2.75, 3.05) is 32.0 Å². The fraction of sp³-hybridized carbons (Fsp3) is 0.556. The topological polar surface area (TPSA) is 85.4 Å². The molecular weight excluding hydrogens is 318 g/mol. The molecule has 1 aromatic heterocycles. The number of nitrogens with one attached hydrogen (secondary N) is 1. The number of hydrogen-bond donors (Lipinski definition) is 2. The van der Waals surface area contributed by atoms with Gasteiger partial charge in [0.2, 0.25) is 5.95 Å². The van der Waals surface area contributed by atoms with Gasteiger partial charge in [-0.15, -0.1) is 0 Å². The number of carbonyl (C=O) groups excluding carboxylic acids is 1. The van der Waals surface area contributed by atoms with E-state index in [0.29, 0.717) is 24.7 Å². The van der Waals surface area contributed by atoms with Crippen molar-refractivity contribution in [3.8, 4) is 0 Å². The lowest BCUT2D eigenvalue weighted by molar-refractivity contribution is 0.0916. The summed E-state index contributed by atoms with van der Waals surface area (Å²) >= 11 is 0. The van der Waals surface area contributed by atoms with Crippen molar-refractivity contribution in [1.82, 2.24) is 19.8 Å². The number of carbonyl (C=O) groups is 1. The highest BCUT2D eigenvalue weighted by atomic mass is 16.5. The first-order valence-corrected chi connectivity index (χ1v) is 9.06. The molecule has 7 nitrogen and oxygen atoms in total. The average Bonchev–Trinajstić information content (AvgIpc) is 3.32. The Morgan fingerprint density at radius 1 is 1.36 bits per heavy atom. The van der Waals surface area contributed by atoms with Gasteiger partial charge in [0.15, 0.2) is 0 Å². The number of fused-ring (bicyclic) bond motifs is 1. The van der Waals surface area contributed by atoms with Gasteiger partial charge in [-0.3, -0.25) is 9.69 Å². The average molecular weight is 343 g/mol. The summed E-state index contributed by atoms with van der Waals surface area (Å²) in [7, 11) is 0. The maximum atomic E-state index is 12.7. The van der Waals surface area contributed by atoms with Gasteiger partial charge >= 0.3 is 0 Å². The van der Waals surface area contributed by atoms with Crippen LogP contribution in [0.3, 0.4) is 0 Å². The summed E-state index contributed by atoms with van der Waals surface area (Å²) in [5.41, 5.74) is 8.26. The SMILES string of the molecule is CCn1c(N)nc2cc(C(=O)N[C@@H]3COC[C@H]3N3CCCC3)ccc21. The van der Waals surface area contributed by atoms with Crippen LogP contribution < -0.4 is 11.1 Å². The van der Waals surface area contributed by atoms with Gasteiger partial charge in [-0.25, -0.2) is 4.98 Å². The van der Waals surface area contributed by atoms with E-state index in [4.69, 9.17) is 10.5 Å². The summed E-state index contributed by atoms with van der Waals surface area (Å²) in [4.78, 5) is 19.5. The Bertz CT molecular complexity index is 781. The first-order valence-electron chi connectivity index (χ1n) is 9.06. The van der Waals surface area contributed by atoms with Crippen molar-refractivity contribution in [3.63, 3.8) is 0 Å². The monoisotopic (exact) mass is 343 g/mol. The number of benzene rings is 1. The number of imidazole rings is 1. The Morgan fingerprint density at radius 3 is 2.92 bits per heavy atom. The molecule has 2 atom stereocenters. The first-order chi connectivity index (χ1) is 12.2. The molecule has 3 heterocycles. The van der Waals surface area contributed by atoms with Crippen LogP contribution in [0, 0.1) is 0 Å². The van der Waals surface area contributed by atoms with Crippen LogP contribution in [0.4, 0.5) is 5.95 Å². The summed E-state index contributed by atoms with van der Waals surface area (Å²) in [5, 5.41) is 3.15. The zero-order valence-electron chi connectivity index (χ0n) is 14.6. The molecule has 0 aliphatic carbocycles. The lowest BCUT2D eigenvalue weighted by atomic mass is 10.1. The van der Waals surface area contributed by atoms with Gasteiger partial charge in [0.1, 0.15) is 0 Å². The largest absolute Gasteiger partial charge is 0.378 e. The van der Waals surface area contributed by atoms with Crippen LogP contribution in [0.15, 0.2) is 18.2 Å². The number of hydrogen-bond acceptors (Lipinski definition) is 5. The number of nitrogen functional groups attached to an aromatic ring is 1. The molecule has 134 valence electrons. The molecular formula is C18H25N5O2. The molecule has 0 saturated carbocycles. The Kier molecular flexibility index (Phi) is 4.35. The van der Waals surface area contributed by atoms with Crippen LogP contribution in [-0.2, 0) is 11.3 Å². The highest BCUT2D eigenvalue weighted by Crippen LogP contribution is 2.21. The third-order valence-corrected chi connectivity index (χ3v) is 5.33. The lowest BCUT2D eigenvalue weighted by Crippen LogP contribution is -2.50. The van der Waals surface area contributed by atoms with Crippen LogP contribution in [0.25, 0.3) is 11.0 Å². The van der Waals surface area contributed by atoms with E-state index in [1.54, 1.807) is 0 Å². The van der Waals surface area contributed by atoms with Gasteiger partial charge in [0, 0.05) is 12.1 Å².